The van der Waals surface area contributed by atoms with Crippen molar-refractivity contribution >= 4 is 26.9 Å². The number of benzene rings is 2. The summed E-state index contributed by atoms with van der Waals surface area (Å²) in [6, 6.07) is 11.2. The maximum absolute atomic E-state index is 11.8. The van der Waals surface area contributed by atoms with Gasteiger partial charge in [-0.25, -0.2) is 8.42 Å². The van der Waals surface area contributed by atoms with Gasteiger partial charge in [0.25, 0.3) is 0 Å². The maximum Gasteiger partial charge on any atom is 0.177 e. The normalized spacial score (nSPS) is 11.4. The summed E-state index contributed by atoms with van der Waals surface area (Å²) in [4.78, 5) is 2.07. The molecular weight excluding hydrogens is 284 g/mol. The molecule has 0 fully saturated rings. The van der Waals surface area contributed by atoms with Gasteiger partial charge in [-0.15, -0.1) is 0 Å². The first-order chi connectivity index (χ1) is 9.70. The minimum absolute atomic E-state index is 0.163. The van der Waals surface area contributed by atoms with E-state index in [2.05, 4.69) is 6.07 Å². The summed E-state index contributed by atoms with van der Waals surface area (Å²) in [5.74, 6) is 0. The van der Waals surface area contributed by atoms with Crippen LogP contribution in [-0.2, 0) is 9.84 Å². The van der Waals surface area contributed by atoms with Gasteiger partial charge in [0, 0.05) is 19.0 Å². The molecule has 21 heavy (non-hydrogen) atoms. The zero-order valence-corrected chi connectivity index (χ0v) is 13.5. The second-order valence-corrected chi connectivity index (χ2v) is 7.35. The quantitative estimate of drug-likeness (QED) is 0.885. The third kappa shape index (κ3) is 3.19. The molecule has 2 N–H and O–H groups in total. The first kappa shape index (κ1) is 15.4. The van der Waals surface area contributed by atoms with Crippen molar-refractivity contribution in [3.8, 4) is 0 Å². The molecule has 2 aromatic rings. The van der Waals surface area contributed by atoms with Gasteiger partial charge in [-0.1, -0.05) is 12.1 Å². The standard InChI is InChI=1S/C16H20N2O2S/c1-11-8-12(2)10-13(9-11)18(3)14-6-5-7-15(16(14)17)21(4,19)20/h5-10H,17H2,1-4H3. The van der Waals surface area contributed by atoms with Crippen molar-refractivity contribution in [1.82, 2.24) is 0 Å². The molecule has 0 saturated carbocycles. The molecule has 0 heterocycles. The van der Waals surface area contributed by atoms with Crippen molar-refractivity contribution in [2.45, 2.75) is 18.7 Å². The van der Waals surface area contributed by atoms with E-state index in [-0.39, 0.29) is 10.6 Å². The first-order valence-corrected chi connectivity index (χ1v) is 8.50. The molecule has 112 valence electrons. The molecule has 2 rings (SSSR count). The average Bonchev–Trinajstić information content (AvgIpc) is 2.35. The molecule has 2 aromatic carbocycles. The van der Waals surface area contributed by atoms with Crippen LogP contribution in [0.1, 0.15) is 11.1 Å². The third-order valence-corrected chi connectivity index (χ3v) is 4.55. The van der Waals surface area contributed by atoms with Crippen molar-refractivity contribution < 1.29 is 8.42 Å². The van der Waals surface area contributed by atoms with Crippen LogP contribution in [0.15, 0.2) is 41.3 Å². The second kappa shape index (κ2) is 5.41. The molecule has 0 aliphatic rings. The van der Waals surface area contributed by atoms with E-state index >= 15 is 0 Å². The number of nitrogens with two attached hydrogens (primary N) is 1. The number of hydrogen-bond donors (Lipinski definition) is 1. The van der Waals surface area contributed by atoms with Gasteiger partial charge in [-0.3, -0.25) is 0 Å². The van der Waals surface area contributed by atoms with Crippen LogP contribution in [0.5, 0.6) is 0 Å². The van der Waals surface area contributed by atoms with E-state index in [1.54, 1.807) is 6.07 Å². The number of sulfone groups is 1. The number of rotatable bonds is 3. The van der Waals surface area contributed by atoms with E-state index in [0.29, 0.717) is 5.69 Å². The number of nitrogen functional groups attached to an aromatic ring is 1. The van der Waals surface area contributed by atoms with Gasteiger partial charge in [0.15, 0.2) is 9.84 Å². The van der Waals surface area contributed by atoms with Crippen molar-refractivity contribution in [2.75, 3.05) is 23.9 Å². The second-order valence-electron chi connectivity index (χ2n) is 5.37. The van der Waals surface area contributed by atoms with E-state index in [4.69, 9.17) is 5.73 Å². The van der Waals surface area contributed by atoms with Crippen LogP contribution in [0.4, 0.5) is 17.1 Å². The highest BCUT2D eigenvalue weighted by Crippen LogP contribution is 2.33. The molecule has 0 aliphatic heterocycles. The van der Waals surface area contributed by atoms with Crippen LogP contribution >= 0.6 is 0 Å². The SMILES string of the molecule is Cc1cc(C)cc(N(C)c2cccc(S(C)(=O)=O)c2N)c1. The van der Waals surface area contributed by atoms with Gasteiger partial charge in [0.1, 0.15) is 0 Å². The highest BCUT2D eigenvalue weighted by atomic mass is 32.2. The predicted octanol–water partition coefficient (Wildman–Crippen LogP) is 3.06. The monoisotopic (exact) mass is 304 g/mol. The minimum atomic E-state index is -3.34. The van der Waals surface area contributed by atoms with Gasteiger partial charge >= 0.3 is 0 Å². The van der Waals surface area contributed by atoms with Crippen molar-refractivity contribution in [3.05, 3.63) is 47.5 Å². The summed E-state index contributed by atoms with van der Waals surface area (Å²) < 4.78 is 23.5. The lowest BCUT2D eigenvalue weighted by molar-refractivity contribution is 0.602. The zero-order chi connectivity index (χ0) is 15.8. The number of aryl methyl sites for hydroxylation is 2. The topological polar surface area (TPSA) is 63.4 Å². The Morgan fingerprint density at radius 1 is 1.05 bits per heavy atom. The Labute approximate surface area is 126 Å². The van der Waals surface area contributed by atoms with Crippen molar-refractivity contribution in [2.24, 2.45) is 0 Å². The van der Waals surface area contributed by atoms with E-state index in [0.717, 1.165) is 16.8 Å². The zero-order valence-electron chi connectivity index (χ0n) is 12.7. The predicted molar refractivity (Wildman–Crippen MR) is 87.9 cm³/mol. The number of nitrogens with zero attached hydrogens (tertiary/aromatic N) is 1. The van der Waals surface area contributed by atoms with Gasteiger partial charge in [0.05, 0.1) is 16.3 Å². The molecule has 5 heteroatoms. The fraction of sp³-hybridized carbons (Fsp3) is 0.250. The maximum atomic E-state index is 11.8. The largest absolute Gasteiger partial charge is 0.396 e. The molecule has 0 saturated heterocycles. The Hall–Kier alpha value is -2.01. The minimum Gasteiger partial charge on any atom is -0.396 e. The molecule has 0 spiro atoms. The number of hydrogen-bond acceptors (Lipinski definition) is 4. The molecule has 0 unspecified atom stereocenters. The number of anilines is 3. The Kier molecular flexibility index (Phi) is 3.96. The Morgan fingerprint density at radius 2 is 1.62 bits per heavy atom. The van der Waals surface area contributed by atoms with Gasteiger partial charge in [0.2, 0.25) is 0 Å². The summed E-state index contributed by atoms with van der Waals surface area (Å²) in [6.07, 6.45) is 1.17. The lowest BCUT2D eigenvalue weighted by Gasteiger charge is -2.23. The lowest BCUT2D eigenvalue weighted by Crippen LogP contribution is -2.14. The van der Waals surface area contributed by atoms with E-state index in [1.165, 1.54) is 12.3 Å². The Morgan fingerprint density at radius 3 is 2.14 bits per heavy atom. The first-order valence-electron chi connectivity index (χ1n) is 6.60. The molecule has 0 radical (unpaired) electrons. The summed E-state index contributed by atoms with van der Waals surface area (Å²) >= 11 is 0. The van der Waals surface area contributed by atoms with Crippen molar-refractivity contribution in [3.63, 3.8) is 0 Å². The molecule has 0 bridgehead atoms. The average molecular weight is 304 g/mol. The molecular formula is C16H20N2O2S. The molecule has 0 aliphatic carbocycles. The summed E-state index contributed by atoms with van der Waals surface area (Å²) in [5, 5.41) is 0. The molecule has 0 atom stereocenters. The van der Waals surface area contributed by atoms with Crippen molar-refractivity contribution in [1.29, 1.82) is 0 Å². The molecule has 4 nitrogen and oxygen atoms in total. The van der Waals surface area contributed by atoms with Gasteiger partial charge in [-0.05, 0) is 49.2 Å². The Bertz CT molecular complexity index is 763. The molecule has 0 amide bonds. The number of para-hydroxylation sites is 1. The fourth-order valence-electron chi connectivity index (χ4n) is 2.43. The van der Waals surface area contributed by atoms with Crippen LogP contribution in [0.2, 0.25) is 0 Å². The van der Waals surface area contributed by atoms with E-state index in [9.17, 15) is 8.42 Å². The molecule has 0 aromatic heterocycles. The summed E-state index contributed by atoms with van der Waals surface area (Å²) in [7, 11) is -1.46. The van der Waals surface area contributed by atoms with Gasteiger partial charge < -0.3 is 10.6 Å². The summed E-state index contributed by atoms with van der Waals surface area (Å²) in [6.45, 7) is 4.06. The fourth-order valence-corrected chi connectivity index (χ4v) is 3.26. The van der Waals surface area contributed by atoms with Crippen LogP contribution in [-0.4, -0.2) is 21.7 Å². The van der Waals surface area contributed by atoms with Crippen LogP contribution in [0.25, 0.3) is 0 Å². The van der Waals surface area contributed by atoms with E-state index < -0.39 is 9.84 Å². The van der Waals surface area contributed by atoms with Crippen LogP contribution in [0.3, 0.4) is 0 Å². The Balaban J connectivity index is 2.56. The van der Waals surface area contributed by atoms with E-state index in [1.807, 2.05) is 44.0 Å². The highest BCUT2D eigenvalue weighted by molar-refractivity contribution is 7.90. The van der Waals surface area contributed by atoms with Crippen LogP contribution < -0.4 is 10.6 Å². The van der Waals surface area contributed by atoms with Gasteiger partial charge in [-0.2, -0.15) is 0 Å². The third-order valence-electron chi connectivity index (χ3n) is 3.40. The van der Waals surface area contributed by atoms with Crippen LogP contribution in [0, 0.1) is 13.8 Å². The lowest BCUT2D eigenvalue weighted by atomic mass is 10.1. The smallest absolute Gasteiger partial charge is 0.177 e. The highest BCUT2D eigenvalue weighted by Gasteiger charge is 2.17. The summed E-state index contributed by atoms with van der Waals surface area (Å²) in [5.41, 5.74) is 10.3.